The minimum Gasteiger partial charge on any atom is -0.466 e. The summed E-state index contributed by atoms with van der Waals surface area (Å²) in [6.45, 7) is 3.35. The van der Waals surface area contributed by atoms with Crippen LogP contribution in [0.5, 0.6) is 0 Å². The summed E-state index contributed by atoms with van der Waals surface area (Å²) in [7, 11) is 0. The Balaban J connectivity index is 1.99. The van der Waals surface area contributed by atoms with Crippen LogP contribution in [-0.4, -0.2) is 23.6 Å². The lowest BCUT2D eigenvalue weighted by Crippen LogP contribution is -2.32. The van der Waals surface area contributed by atoms with Gasteiger partial charge in [-0.3, -0.25) is 4.79 Å². The van der Waals surface area contributed by atoms with E-state index in [4.69, 9.17) is 9.26 Å². The first-order valence-electron chi connectivity index (χ1n) is 6.29. The molecule has 3 rings (SSSR count). The molecule has 6 nitrogen and oxygen atoms in total. The van der Waals surface area contributed by atoms with Gasteiger partial charge in [-0.05, 0) is 26.0 Å². The molecule has 1 aromatic carbocycles. The summed E-state index contributed by atoms with van der Waals surface area (Å²) >= 11 is 0. The highest BCUT2D eigenvalue weighted by Gasteiger charge is 2.19. The van der Waals surface area contributed by atoms with E-state index in [9.17, 15) is 9.18 Å². The van der Waals surface area contributed by atoms with Gasteiger partial charge in [0.15, 0.2) is 6.61 Å². The quantitative estimate of drug-likeness (QED) is 0.916. The molecule has 1 aliphatic rings. The third kappa shape index (κ3) is 2.37. The van der Waals surface area contributed by atoms with E-state index in [0.717, 1.165) is 0 Å². The maximum atomic E-state index is 14.3. The zero-order valence-electron chi connectivity index (χ0n) is 11.4. The molecule has 1 N–H and O–H groups in total. The molecule has 2 heterocycles. The maximum Gasteiger partial charge on any atom is 0.278 e. The Morgan fingerprint density at radius 3 is 2.71 bits per heavy atom. The normalized spacial score (nSPS) is 14.4. The van der Waals surface area contributed by atoms with Crippen molar-refractivity contribution in [2.75, 3.05) is 6.61 Å². The molecular formula is C14H12FN3O3. The molecule has 108 valence electrons. The van der Waals surface area contributed by atoms with Gasteiger partial charge in [-0.1, -0.05) is 11.2 Å². The fourth-order valence-corrected chi connectivity index (χ4v) is 2.18. The molecule has 0 atom stereocenters. The average molecular weight is 289 g/mol. The van der Waals surface area contributed by atoms with Crippen molar-refractivity contribution < 1.29 is 18.4 Å². The SMILES string of the molecule is Cc1noc(C)c1-c1ccc(C2=NNC(=O)CO2)cc1F. The fourth-order valence-electron chi connectivity index (χ4n) is 2.18. The number of hydrogen-bond donors (Lipinski definition) is 1. The first kappa shape index (κ1) is 13.3. The van der Waals surface area contributed by atoms with Gasteiger partial charge in [0.25, 0.3) is 5.91 Å². The van der Waals surface area contributed by atoms with Gasteiger partial charge in [0, 0.05) is 11.1 Å². The number of nitrogens with zero attached hydrogens (tertiary/aromatic N) is 2. The minimum atomic E-state index is -0.440. The van der Waals surface area contributed by atoms with Crippen LogP contribution in [0.25, 0.3) is 11.1 Å². The van der Waals surface area contributed by atoms with Gasteiger partial charge in [-0.2, -0.15) is 0 Å². The molecule has 1 aromatic heterocycles. The number of carbonyl (C=O) groups excluding carboxylic acids is 1. The van der Waals surface area contributed by atoms with Crippen molar-refractivity contribution >= 4 is 11.8 Å². The number of carbonyl (C=O) groups is 1. The first-order chi connectivity index (χ1) is 10.1. The first-order valence-corrected chi connectivity index (χ1v) is 6.29. The van der Waals surface area contributed by atoms with Gasteiger partial charge in [-0.25, -0.2) is 9.82 Å². The highest BCUT2D eigenvalue weighted by Crippen LogP contribution is 2.29. The zero-order chi connectivity index (χ0) is 15.0. The van der Waals surface area contributed by atoms with Gasteiger partial charge in [0.1, 0.15) is 11.6 Å². The monoisotopic (exact) mass is 289 g/mol. The third-order valence-electron chi connectivity index (χ3n) is 3.14. The van der Waals surface area contributed by atoms with Crippen molar-refractivity contribution in [2.45, 2.75) is 13.8 Å². The number of hydrazone groups is 1. The number of ether oxygens (including phenoxy) is 1. The number of rotatable bonds is 2. The Morgan fingerprint density at radius 1 is 1.33 bits per heavy atom. The van der Waals surface area contributed by atoms with Gasteiger partial charge in [-0.15, -0.1) is 5.10 Å². The lowest BCUT2D eigenvalue weighted by Gasteiger charge is -2.14. The molecule has 7 heteroatoms. The maximum absolute atomic E-state index is 14.3. The molecule has 21 heavy (non-hydrogen) atoms. The highest BCUT2D eigenvalue weighted by molar-refractivity contribution is 5.98. The van der Waals surface area contributed by atoms with Crippen LogP contribution in [0.2, 0.25) is 0 Å². The van der Waals surface area contributed by atoms with E-state index >= 15 is 0 Å². The van der Waals surface area contributed by atoms with Crippen LogP contribution in [0.1, 0.15) is 17.0 Å². The Labute approximate surface area is 119 Å². The summed E-state index contributed by atoms with van der Waals surface area (Å²) in [6.07, 6.45) is 0. The van der Waals surface area contributed by atoms with Crippen molar-refractivity contribution in [3.05, 3.63) is 41.0 Å². The summed E-state index contributed by atoms with van der Waals surface area (Å²) in [5.41, 5.74) is 4.39. The Morgan fingerprint density at radius 2 is 2.14 bits per heavy atom. The number of amides is 1. The molecule has 0 spiro atoms. The third-order valence-corrected chi connectivity index (χ3v) is 3.14. The number of halogens is 1. The molecule has 0 bridgehead atoms. The summed E-state index contributed by atoms with van der Waals surface area (Å²) in [4.78, 5) is 11.0. The van der Waals surface area contributed by atoms with Crippen molar-refractivity contribution in [2.24, 2.45) is 5.10 Å². The summed E-state index contributed by atoms with van der Waals surface area (Å²) < 4.78 is 24.5. The number of aromatic nitrogens is 1. The van der Waals surface area contributed by atoms with Gasteiger partial charge in [0.2, 0.25) is 5.90 Å². The predicted octanol–water partition coefficient (Wildman–Crippen LogP) is 1.91. The van der Waals surface area contributed by atoms with Gasteiger partial charge >= 0.3 is 0 Å². The molecule has 2 aromatic rings. The van der Waals surface area contributed by atoms with Crippen LogP contribution in [0.3, 0.4) is 0 Å². The van der Waals surface area contributed by atoms with Crippen LogP contribution in [0, 0.1) is 19.7 Å². The second-order valence-electron chi connectivity index (χ2n) is 4.63. The van der Waals surface area contributed by atoms with Gasteiger partial charge in [0.05, 0.1) is 11.3 Å². The molecule has 0 unspecified atom stereocenters. The van der Waals surface area contributed by atoms with Crippen molar-refractivity contribution in [3.8, 4) is 11.1 Å². The van der Waals surface area contributed by atoms with E-state index < -0.39 is 5.82 Å². The molecule has 0 fully saturated rings. The van der Waals surface area contributed by atoms with E-state index in [2.05, 4.69) is 15.7 Å². The number of nitrogens with one attached hydrogen (secondary N) is 1. The number of hydrogen-bond acceptors (Lipinski definition) is 5. The lowest BCUT2D eigenvalue weighted by molar-refractivity contribution is -0.124. The molecule has 1 aliphatic heterocycles. The standard InChI is InChI=1S/C14H12FN3O3/c1-7-13(8(2)21-18-7)10-4-3-9(5-11(10)15)14-17-16-12(19)6-20-14/h3-5H,6H2,1-2H3,(H,16,19). The average Bonchev–Trinajstić information content (AvgIpc) is 2.79. The number of benzene rings is 1. The second kappa shape index (κ2) is 5.01. The molecule has 1 amide bonds. The van der Waals surface area contributed by atoms with E-state index in [1.807, 2.05) is 0 Å². The van der Waals surface area contributed by atoms with Crippen LogP contribution < -0.4 is 5.43 Å². The topological polar surface area (TPSA) is 76.7 Å². The highest BCUT2D eigenvalue weighted by atomic mass is 19.1. The molecule has 0 aliphatic carbocycles. The fraction of sp³-hybridized carbons (Fsp3) is 0.214. The van der Waals surface area contributed by atoms with Crippen LogP contribution in [0.15, 0.2) is 27.8 Å². The van der Waals surface area contributed by atoms with Crippen LogP contribution in [0.4, 0.5) is 4.39 Å². The summed E-state index contributed by atoms with van der Waals surface area (Å²) in [5, 5.41) is 7.56. The molecule has 0 saturated heterocycles. The number of aryl methyl sites for hydroxylation is 2. The molecule has 0 saturated carbocycles. The second-order valence-corrected chi connectivity index (χ2v) is 4.63. The Kier molecular flexibility index (Phi) is 3.17. The Hall–Kier alpha value is -2.70. The van der Waals surface area contributed by atoms with Crippen molar-refractivity contribution in [1.29, 1.82) is 0 Å². The molecule has 0 radical (unpaired) electrons. The zero-order valence-corrected chi connectivity index (χ0v) is 11.4. The predicted molar refractivity (Wildman–Crippen MR) is 72.0 cm³/mol. The minimum absolute atomic E-state index is 0.133. The summed E-state index contributed by atoms with van der Waals surface area (Å²) in [5.74, 6) is -0.0480. The largest absolute Gasteiger partial charge is 0.466 e. The van der Waals surface area contributed by atoms with Crippen LogP contribution in [-0.2, 0) is 9.53 Å². The van der Waals surface area contributed by atoms with E-state index in [1.165, 1.54) is 6.07 Å². The smallest absolute Gasteiger partial charge is 0.278 e. The lowest BCUT2D eigenvalue weighted by atomic mass is 10.0. The Bertz CT molecular complexity index is 732. The van der Waals surface area contributed by atoms with E-state index in [0.29, 0.717) is 28.1 Å². The van der Waals surface area contributed by atoms with Gasteiger partial charge < -0.3 is 9.26 Å². The van der Waals surface area contributed by atoms with E-state index in [-0.39, 0.29) is 18.4 Å². The molecular weight excluding hydrogens is 277 g/mol. The van der Waals surface area contributed by atoms with Crippen LogP contribution >= 0.6 is 0 Å². The van der Waals surface area contributed by atoms with Crippen molar-refractivity contribution in [1.82, 2.24) is 10.6 Å². The van der Waals surface area contributed by atoms with Crippen molar-refractivity contribution in [3.63, 3.8) is 0 Å². The summed E-state index contributed by atoms with van der Waals surface area (Å²) in [6, 6.07) is 4.58. The van der Waals surface area contributed by atoms with E-state index in [1.54, 1.807) is 26.0 Å².